The van der Waals surface area contributed by atoms with E-state index in [9.17, 15) is 4.57 Å². The number of fused-ring (bicyclic) bond motifs is 1. The largest absolute Gasteiger partial charge is 0.380 e. The number of nitrogens with one attached hydrogen (secondary N) is 2. The maximum atomic E-state index is 13.0. The number of methoxy groups -OCH3 is 1. The van der Waals surface area contributed by atoms with Gasteiger partial charge in [0.1, 0.15) is 12.2 Å². The van der Waals surface area contributed by atoms with Crippen molar-refractivity contribution in [3.63, 3.8) is 0 Å². The van der Waals surface area contributed by atoms with Gasteiger partial charge in [-0.2, -0.15) is 4.98 Å². The number of rotatable bonds is 7. The van der Waals surface area contributed by atoms with Gasteiger partial charge in [-0.25, -0.2) is 4.98 Å². The molecule has 3 aromatic rings. The molecule has 0 bridgehead atoms. The summed E-state index contributed by atoms with van der Waals surface area (Å²) in [4.78, 5) is 8.95. The Kier molecular flexibility index (Phi) is 7.38. The third-order valence-corrected chi connectivity index (χ3v) is 7.61. The second-order valence-corrected chi connectivity index (χ2v) is 12.4. The molecule has 6 nitrogen and oxygen atoms in total. The van der Waals surface area contributed by atoms with Crippen LogP contribution >= 0.6 is 18.7 Å². The molecule has 0 amide bonds. The molecule has 1 heterocycles. The summed E-state index contributed by atoms with van der Waals surface area (Å²) < 4.78 is 18.2. The van der Waals surface area contributed by atoms with Gasteiger partial charge in [-0.15, -0.1) is 0 Å². The van der Waals surface area contributed by atoms with E-state index in [0.717, 1.165) is 29.4 Å². The van der Waals surface area contributed by atoms with Gasteiger partial charge >= 0.3 is 0 Å². The van der Waals surface area contributed by atoms with Crippen LogP contribution in [0, 0.1) is 0 Å². The van der Waals surface area contributed by atoms with Crippen molar-refractivity contribution in [2.75, 3.05) is 31.1 Å². The van der Waals surface area contributed by atoms with Gasteiger partial charge in [0.2, 0.25) is 5.95 Å². The molecule has 1 aliphatic rings. The van der Waals surface area contributed by atoms with Crippen molar-refractivity contribution in [2.45, 2.75) is 38.7 Å². The molecule has 8 heteroatoms. The van der Waals surface area contributed by atoms with Crippen molar-refractivity contribution in [3.8, 4) is 0 Å². The van der Waals surface area contributed by atoms with Gasteiger partial charge in [-0.1, -0.05) is 30.2 Å². The summed E-state index contributed by atoms with van der Waals surface area (Å²) in [5, 5.41) is 7.69. The molecule has 2 aromatic carbocycles. The molecule has 0 aliphatic heterocycles. The Morgan fingerprint density at radius 1 is 1.03 bits per heavy atom. The van der Waals surface area contributed by atoms with E-state index in [2.05, 4.69) is 38.8 Å². The highest BCUT2D eigenvalue weighted by atomic mass is 35.5. The van der Waals surface area contributed by atoms with E-state index in [4.69, 9.17) is 16.3 Å². The summed E-state index contributed by atoms with van der Waals surface area (Å²) in [6, 6.07) is 12.2. The molecule has 4 rings (SSSR count). The molecule has 0 spiro atoms. The first-order valence-corrected chi connectivity index (χ1v) is 14.2. The fourth-order valence-electron chi connectivity index (χ4n) is 4.14. The van der Waals surface area contributed by atoms with Gasteiger partial charge in [0.15, 0.2) is 5.82 Å². The second-order valence-electron chi connectivity index (χ2n) is 8.82. The minimum absolute atomic E-state index is 0.386. The van der Waals surface area contributed by atoms with Crippen LogP contribution in [-0.2, 0) is 28.8 Å². The Morgan fingerprint density at radius 2 is 1.82 bits per heavy atom. The highest BCUT2D eigenvalue weighted by molar-refractivity contribution is 7.70. The fourth-order valence-corrected chi connectivity index (χ4v) is 5.47. The van der Waals surface area contributed by atoms with Crippen LogP contribution in [-0.4, -0.2) is 30.4 Å². The van der Waals surface area contributed by atoms with E-state index in [1.54, 1.807) is 26.6 Å². The molecular weight excluding hydrogens is 455 g/mol. The summed E-state index contributed by atoms with van der Waals surface area (Å²) >= 11 is 6.41. The molecule has 0 radical (unpaired) electrons. The zero-order chi connectivity index (χ0) is 23.4. The highest BCUT2D eigenvalue weighted by Crippen LogP contribution is 2.39. The average molecular weight is 485 g/mol. The molecule has 33 heavy (non-hydrogen) atoms. The van der Waals surface area contributed by atoms with Gasteiger partial charge in [-0.05, 0) is 80.0 Å². The molecule has 1 aromatic heterocycles. The summed E-state index contributed by atoms with van der Waals surface area (Å²) in [7, 11) is -0.919. The number of hydrogen-bond acceptors (Lipinski definition) is 6. The molecule has 174 valence electrons. The van der Waals surface area contributed by atoms with E-state index >= 15 is 0 Å². The van der Waals surface area contributed by atoms with E-state index in [1.165, 1.54) is 30.4 Å². The van der Waals surface area contributed by atoms with Crippen molar-refractivity contribution in [1.29, 1.82) is 0 Å². The summed E-state index contributed by atoms with van der Waals surface area (Å²) in [6.45, 7) is 3.95. The SMILES string of the molecule is COCc1ccc(Nc2nc(Nc3ccc4c(c3)CCCCC4)ncc2Cl)c(P(C)(C)=O)c1. The fraction of sp³-hybridized carbons (Fsp3) is 0.360. The maximum Gasteiger partial charge on any atom is 0.229 e. The van der Waals surface area contributed by atoms with E-state index in [1.807, 2.05) is 18.2 Å². The second kappa shape index (κ2) is 10.3. The molecule has 0 atom stereocenters. The smallest absolute Gasteiger partial charge is 0.229 e. The van der Waals surface area contributed by atoms with Crippen molar-refractivity contribution in [2.24, 2.45) is 0 Å². The third-order valence-electron chi connectivity index (χ3n) is 5.81. The highest BCUT2D eigenvalue weighted by Gasteiger charge is 2.19. The van der Waals surface area contributed by atoms with Gasteiger partial charge in [-0.3, -0.25) is 0 Å². The number of nitrogens with zero attached hydrogens (tertiary/aromatic N) is 2. The molecule has 0 fully saturated rings. The van der Waals surface area contributed by atoms with E-state index < -0.39 is 7.14 Å². The zero-order valence-electron chi connectivity index (χ0n) is 19.3. The normalized spacial score (nSPS) is 13.8. The molecule has 2 N–H and O–H groups in total. The predicted molar refractivity (Wildman–Crippen MR) is 138 cm³/mol. The minimum Gasteiger partial charge on any atom is -0.380 e. The molecule has 0 saturated heterocycles. The Morgan fingerprint density at radius 3 is 2.58 bits per heavy atom. The lowest BCUT2D eigenvalue weighted by molar-refractivity contribution is 0.185. The monoisotopic (exact) mass is 484 g/mol. The minimum atomic E-state index is -2.56. The van der Waals surface area contributed by atoms with Gasteiger partial charge in [0, 0.05) is 18.1 Å². The van der Waals surface area contributed by atoms with Crippen LogP contribution in [0.25, 0.3) is 0 Å². The van der Waals surface area contributed by atoms with Crippen molar-refractivity contribution < 1.29 is 9.30 Å². The van der Waals surface area contributed by atoms with Crippen LogP contribution in [0.15, 0.2) is 42.6 Å². The van der Waals surface area contributed by atoms with Gasteiger partial charge in [0.05, 0.1) is 18.5 Å². The van der Waals surface area contributed by atoms with Crippen molar-refractivity contribution in [3.05, 3.63) is 64.3 Å². The van der Waals surface area contributed by atoms with Crippen LogP contribution < -0.4 is 15.9 Å². The Hall–Kier alpha value is -2.40. The molecular formula is C25H30ClN4O2P. The summed E-state index contributed by atoms with van der Waals surface area (Å²) in [6.07, 6.45) is 7.58. The van der Waals surface area contributed by atoms with Crippen LogP contribution in [0.4, 0.5) is 23.1 Å². The lowest BCUT2D eigenvalue weighted by Gasteiger charge is -2.17. The number of aryl methyl sites for hydroxylation is 2. The average Bonchev–Trinajstić information content (AvgIpc) is 3.01. The quantitative estimate of drug-likeness (QED) is 0.303. The first-order valence-electron chi connectivity index (χ1n) is 11.2. The number of hydrogen-bond donors (Lipinski definition) is 2. The van der Waals surface area contributed by atoms with Crippen molar-refractivity contribution in [1.82, 2.24) is 9.97 Å². The van der Waals surface area contributed by atoms with Gasteiger partial charge < -0.3 is 19.9 Å². The lowest BCUT2D eigenvalue weighted by Crippen LogP contribution is -2.12. The lowest BCUT2D eigenvalue weighted by atomic mass is 10.0. The standard InChI is InChI=1S/C25H30ClN4O2P/c1-32-16-17-9-12-22(23(13-17)33(2,3)31)29-24-21(26)15-27-25(30-24)28-20-11-10-18-7-5-4-6-8-19(18)14-20/h9-15H,4-8,16H2,1-3H3,(H2,27,28,29,30). The maximum absolute atomic E-state index is 13.0. The molecule has 1 aliphatic carbocycles. The van der Waals surface area contributed by atoms with Crippen LogP contribution in [0.5, 0.6) is 0 Å². The summed E-state index contributed by atoms with van der Waals surface area (Å²) in [5.74, 6) is 0.905. The van der Waals surface area contributed by atoms with Crippen LogP contribution in [0.2, 0.25) is 5.02 Å². The Bertz CT molecular complexity index is 1200. The topological polar surface area (TPSA) is 76.1 Å². The first-order chi connectivity index (χ1) is 15.8. The number of aromatic nitrogens is 2. The number of benzene rings is 2. The van der Waals surface area contributed by atoms with E-state index in [0.29, 0.717) is 29.1 Å². The Balaban J connectivity index is 1.60. The van der Waals surface area contributed by atoms with Gasteiger partial charge in [0.25, 0.3) is 0 Å². The predicted octanol–water partition coefficient (Wildman–Crippen LogP) is 6.28. The number of halogens is 1. The third kappa shape index (κ3) is 5.94. The van der Waals surface area contributed by atoms with E-state index in [-0.39, 0.29) is 0 Å². The number of ether oxygens (including phenoxy) is 1. The van der Waals surface area contributed by atoms with Crippen LogP contribution in [0.3, 0.4) is 0 Å². The number of anilines is 4. The zero-order valence-corrected chi connectivity index (χ0v) is 21.0. The molecule has 0 saturated carbocycles. The van der Waals surface area contributed by atoms with Crippen LogP contribution in [0.1, 0.15) is 36.0 Å². The first kappa shape index (κ1) is 23.7. The Labute approximate surface area is 200 Å². The molecule has 0 unspecified atom stereocenters. The summed E-state index contributed by atoms with van der Waals surface area (Å²) in [5.41, 5.74) is 5.46. The van der Waals surface area contributed by atoms with Crippen molar-refractivity contribution >= 4 is 47.2 Å².